The first-order valence-corrected chi connectivity index (χ1v) is 7.42. The van der Waals surface area contributed by atoms with Gasteiger partial charge in [-0.2, -0.15) is 0 Å². The quantitative estimate of drug-likeness (QED) is 0.471. The summed E-state index contributed by atoms with van der Waals surface area (Å²) in [6, 6.07) is 13.3. The number of nitro groups is 1. The van der Waals surface area contributed by atoms with E-state index in [0.29, 0.717) is 12.2 Å². The van der Waals surface area contributed by atoms with Crippen LogP contribution in [0.25, 0.3) is 12.2 Å². The van der Waals surface area contributed by atoms with Crippen LogP contribution < -0.4 is 4.74 Å². The molecule has 2 aromatic rings. The van der Waals surface area contributed by atoms with Crippen LogP contribution >= 0.6 is 0 Å². The second kappa shape index (κ2) is 7.92. The number of carboxylic acids is 1. The van der Waals surface area contributed by atoms with Crippen molar-refractivity contribution in [3.63, 3.8) is 0 Å². The van der Waals surface area contributed by atoms with E-state index in [-0.39, 0.29) is 5.69 Å². The number of benzene rings is 2. The standard InChI is InChI=1S/C18H17NO5/c1-2-16(18(20)21)24-17-6-4-3-5-14(17)10-7-13-8-11-15(12-9-13)19(22)23/h3-12,16H,2H2,1H3,(H,20,21)/b10-7-. The first kappa shape index (κ1) is 17.2. The highest BCUT2D eigenvalue weighted by Gasteiger charge is 2.17. The molecule has 2 rings (SSSR count). The lowest BCUT2D eigenvalue weighted by Crippen LogP contribution is -2.26. The second-order valence-corrected chi connectivity index (χ2v) is 5.07. The normalized spacial score (nSPS) is 12.0. The minimum absolute atomic E-state index is 0.0307. The van der Waals surface area contributed by atoms with Gasteiger partial charge in [0.1, 0.15) is 5.75 Å². The summed E-state index contributed by atoms with van der Waals surface area (Å²) < 4.78 is 5.56. The van der Waals surface area contributed by atoms with Crippen LogP contribution in [-0.4, -0.2) is 22.1 Å². The van der Waals surface area contributed by atoms with E-state index in [0.717, 1.165) is 11.1 Å². The van der Waals surface area contributed by atoms with Gasteiger partial charge in [-0.05, 0) is 30.2 Å². The first-order valence-electron chi connectivity index (χ1n) is 7.42. The van der Waals surface area contributed by atoms with Crippen molar-refractivity contribution in [3.8, 4) is 5.75 Å². The molecule has 0 radical (unpaired) electrons. The summed E-state index contributed by atoms with van der Waals surface area (Å²) in [5.74, 6) is -0.531. The predicted octanol–water partition coefficient (Wildman–Crippen LogP) is 4.01. The SMILES string of the molecule is CCC(Oc1ccccc1/C=C\c1ccc([N+](=O)[O-])cc1)C(=O)O. The Bertz CT molecular complexity index is 752. The molecule has 0 spiro atoms. The maximum Gasteiger partial charge on any atom is 0.344 e. The van der Waals surface area contributed by atoms with Gasteiger partial charge in [0.05, 0.1) is 4.92 Å². The van der Waals surface area contributed by atoms with E-state index in [9.17, 15) is 14.9 Å². The van der Waals surface area contributed by atoms with Crippen LogP contribution in [-0.2, 0) is 4.79 Å². The third-order valence-corrected chi connectivity index (χ3v) is 3.39. The summed E-state index contributed by atoms with van der Waals surface area (Å²) in [5, 5.41) is 19.8. The summed E-state index contributed by atoms with van der Waals surface area (Å²) in [4.78, 5) is 21.3. The summed E-state index contributed by atoms with van der Waals surface area (Å²) in [5.41, 5.74) is 1.55. The molecule has 1 atom stereocenters. The molecule has 0 saturated heterocycles. The molecule has 0 aliphatic carbocycles. The lowest BCUT2D eigenvalue weighted by atomic mass is 10.1. The van der Waals surface area contributed by atoms with Crippen molar-refractivity contribution in [1.82, 2.24) is 0 Å². The van der Waals surface area contributed by atoms with Gasteiger partial charge in [-0.25, -0.2) is 4.79 Å². The van der Waals surface area contributed by atoms with Crippen molar-refractivity contribution in [2.45, 2.75) is 19.4 Å². The number of carbonyl (C=O) groups is 1. The number of nitrogens with zero attached hydrogens (tertiary/aromatic N) is 1. The van der Waals surface area contributed by atoms with Crippen molar-refractivity contribution < 1.29 is 19.6 Å². The molecule has 6 heteroatoms. The minimum atomic E-state index is -1.01. The van der Waals surface area contributed by atoms with Gasteiger partial charge in [-0.15, -0.1) is 0 Å². The van der Waals surface area contributed by atoms with Crippen LogP contribution in [0.2, 0.25) is 0 Å². The van der Waals surface area contributed by atoms with Crippen LogP contribution in [0.3, 0.4) is 0 Å². The zero-order valence-corrected chi connectivity index (χ0v) is 13.1. The monoisotopic (exact) mass is 327 g/mol. The third kappa shape index (κ3) is 4.42. The van der Waals surface area contributed by atoms with Crippen LogP contribution in [0.5, 0.6) is 5.75 Å². The van der Waals surface area contributed by atoms with E-state index in [1.165, 1.54) is 12.1 Å². The number of non-ortho nitro benzene ring substituents is 1. The summed E-state index contributed by atoms with van der Waals surface area (Å²) in [6.45, 7) is 1.74. The number of nitro benzene ring substituents is 1. The van der Waals surface area contributed by atoms with E-state index >= 15 is 0 Å². The van der Waals surface area contributed by atoms with Gasteiger partial charge in [0.25, 0.3) is 5.69 Å². The zero-order chi connectivity index (χ0) is 17.5. The van der Waals surface area contributed by atoms with Crippen molar-refractivity contribution >= 4 is 23.8 Å². The molecule has 0 aliphatic heterocycles. The van der Waals surface area contributed by atoms with Gasteiger partial charge < -0.3 is 9.84 Å². The molecule has 2 aromatic carbocycles. The van der Waals surface area contributed by atoms with Crippen LogP contribution in [0.4, 0.5) is 5.69 Å². The Balaban J connectivity index is 2.20. The lowest BCUT2D eigenvalue weighted by Gasteiger charge is -2.15. The van der Waals surface area contributed by atoms with E-state index in [4.69, 9.17) is 9.84 Å². The van der Waals surface area contributed by atoms with Gasteiger partial charge in [-0.1, -0.05) is 37.3 Å². The van der Waals surface area contributed by atoms with E-state index < -0.39 is 17.0 Å². The number of hydrogen-bond acceptors (Lipinski definition) is 4. The average Bonchev–Trinajstić information content (AvgIpc) is 2.58. The second-order valence-electron chi connectivity index (χ2n) is 5.07. The van der Waals surface area contributed by atoms with Gasteiger partial charge in [0, 0.05) is 17.7 Å². The highest BCUT2D eigenvalue weighted by atomic mass is 16.6. The fourth-order valence-electron chi connectivity index (χ4n) is 2.08. The highest BCUT2D eigenvalue weighted by Crippen LogP contribution is 2.23. The Kier molecular flexibility index (Phi) is 5.68. The van der Waals surface area contributed by atoms with Crippen LogP contribution in [0.15, 0.2) is 48.5 Å². The molecular formula is C18H17NO5. The molecular weight excluding hydrogens is 310 g/mol. The third-order valence-electron chi connectivity index (χ3n) is 3.39. The van der Waals surface area contributed by atoms with Crippen LogP contribution in [0.1, 0.15) is 24.5 Å². The van der Waals surface area contributed by atoms with Crippen molar-refractivity contribution in [2.75, 3.05) is 0 Å². The smallest absolute Gasteiger partial charge is 0.344 e. The number of carboxylic acid groups (broad SMARTS) is 1. The van der Waals surface area contributed by atoms with Crippen molar-refractivity contribution in [2.24, 2.45) is 0 Å². The Morgan fingerprint density at radius 1 is 1.21 bits per heavy atom. The molecule has 24 heavy (non-hydrogen) atoms. The molecule has 0 amide bonds. The average molecular weight is 327 g/mol. The highest BCUT2D eigenvalue weighted by molar-refractivity contribution is 5.75. The molecule has 124 valence electrons. The Morgan fingerprint density at radius 2 is 1.88 bits per heavy atom. The number of rotatable bonds is 7. The molecule has 1 unspecified atom stereocenters. The van der Waals surface area contributed by atoms with Gasteiger partial charge >= 0.3 is 5.97 Å². The largest absolute Gasteiger partial charge is 0.479 e. The van der Waals surface area contributed by atoms with Crippen molar-refractivity contribution in [3.05, 3.63) is 69.8 Å². The van der Waals surface area contributed by atoms with Gasteiger partial charge in [0.2, 0.25) is 0 Å². The first-order chi connectivity index (χ1) is 11.5. The Morgan fingerprint density at radius 3 is 2.46 bits per heavy atom. The summed E-state index contributed by atoms with van der Waals surface area (Å²) >= 11 is 0. The summed E-state index contributed by atoms with van der Waals surface area (Å²) in [6.07, 6.45) is 3.02. The number of para-hydroxylation sites is 1. The fourth-order valence-corrected chi connectivity index (χ4v) is 2.08. The van der Waals surface area contributed by atoms with Gasteiger partial charge in [0.15, 0.2) is 6.10 Å². The fraction of sp³-hybridized carbons (Fsp3) is 0.167. The maximum atomic E-state index is 11.1. The Labute approximate surface area is 139 Å². The Hall–Kier alpha value is -3.15. The molecule has 0 bridgehead atoms. The van der Waals surface area contributed by atoms with Crippen LogP contribution in [0, 0.1) is 10.1 Å². The molecule has 0 saturated carbocycles. The number of ether oxygens (including phenoxy) is 1. The molecule has 0 heterocycles. The van der Waals surface area contributed by atoms with Crippen molar-refractivity contribution in [1.29, 1.82) is 0 Å². The molecule has 6 nitrogen and oxygen atoms in total. The van der Waals surface area contributed by atoms with E-state index in [1.807, 2.05) is 12.1 Å². The predicted molar refractivity (Wildman–Crippen MR) is 90.8 cm³/mol. The number of aliphatic carboxylic acids is 1. The van der Waals surface area contributed by atoms with E-state index in [1.54, 1.807) is 43.3 Å². The molecule has 1 N–H and O–H groups in total. The lowest BCUT2D eigenvalue weighted by molar-refractivity contribution is -0.384. The number of hydrogen-bond donors (Lipinski definition) is 1. The topological polar surface area (TPSA) is 89.7 Å². The minimum Gasteiger partial charge on any atom is -0.479 e. The zero-order valence-electron chi connectivity index (χ0n) is 13.1. The van der Waals surface area contributed by atoms with E-state index in [2.05, 4.69) is 0 Å². The van der Waals surface area contributed by atoms with Gasteiger partial charge in [-0.3, -0.25) is 10.1 Å². The maximum absolute atomic E-state index is 11.1. The molecule has 0 aliphatic rings. The summed E-state index contributed by atoms with van der Waals surface area (Å²) in [7, 11) is 0. The molecule has 0 aromatic heterocycles. The molecule has 0 fully saturated rings.